The molecule has 1 aromatic rings. The molecule has 1 heterocycles. The molecule has 0 radical (unpaired) electrons. The maximum atomic E-state index is 5.38. The number of rotatable bonds is 1. The molecule has 1 aromatic carbocycles. The third-order valence-corrected chi connectivity index (χ3v) is 2.45. The van der Waals surface area contributed by atoms with E-state index in [2.05, 4.69) is 37.3 Å². The second-order valence-corrected chi connectivity index (χ2v) is 3.43. The third-order valence-electron chi connectivity index (χ3n) is 2.45. The molecule has 0 atom stereocenters. The fourth-order valence-electron chi connectivity index (χ4n) is 1.73. The lowest BCUT2D eigenvalue weighted by molar-refractivity contribution is 0.154. The highest BCUT2D eigenvalue weighted by atomic mass is 16.5. The first-order valence-corrected chi connectivity index (χ1v) is 4.70. The van der Waals surface area contributed by atoms with Crippen LogP contribution in [-0.2, 0) is 4.74 Å². The first-order chi connectivity index (χ1) is 6.38. The Bertz CT molecular complexity index is 311. The van der Waals surface area contributed by atoms with E-state index in [4.69, 9.17) is 4.74 Å². The lowest BCUT2D eigenvalue weighted by Gasteiger charge is -2.18. The van der Waals surface area contributed by atoms with Gasteiger partial charge in [-0.2, -0.15) is 0 Å². The molecule has 1 aliphatic rings. The molecule has 0 fully saturated rings. The minimum absolute atomic E-state index is 0.796. The zero-order chi connectivity index (χ0) is 9.10. The molecule has 0 saturated carbocycles. The van der Waals surface area contributed by atoms with Crippen molar-refractivity contribution in [3.63, 3.8) is 0 Å². The zero-order valence-corrected chi connectivity index (χ0v) is 7.92. The molecule has 1 heteroatoms. The monoisotopic (exact) mass is 174 g/mol. The van der Waals surface area contributed by atoms with Gasteiger partial charge >= 0.3 is 0 Å². The first-order valence-electron chi connectivity index (χ1n) is 4.70. The number of hydrogen-bond donors (Lipinski definition) is 0. The summed E-state index contributed by atoms with van der Waals surface area (Å²) in [6.07, 6.45) is 1.05. The van der Waals surface area contributed by atoms with Gasteiger partial charge in [0.1, 0.15) is 0 Å². The maximum absolute atomic E-state index is 5.38. The maximum Gasteiger partial charge on any atom is 0.0680 e. The van der Waals surface area contributed by atoms with Gasteiger partial charge in [0.05, 0.1) is 13.2 Å². The predicted molar refractivity (Wildman–Crippen MR) is 54.5 cm³/mol. The van der Waals surface area contributed by atoms with E-state index in [-0.39, 0.29) is 0 Å². The summed E-state index contributed by atoms with van der Waals surface area (Å²) in [6, 6.07) is 10.6. The van der Waals surface area contributed by atoms with Crippen molar-refractivity contribution in [2.24, 2.45) is 0 Å². The number of hydrogen-bond acceptors (Lipinski definition) is 1. The van der Waals surface area contributed by atoms with Crippen LogP contribution < -0.4 is 0 Å². The van der Waals surface area contributed by atoms with Crippen LogP contribution >= 0.6 is 0 Å². The molecule has 0 saturated heterocycles. The Morgan fingerprint density at radius 2 is 1.92 bits per heavy atom. The van der Waals surface area contributed by atoms with Gasteiger partial charge in [-0.05, 0) is 30.1 Å². The fourth-order valence-corrected chi connectivity index (χ4v) is 1.73. The molecule has 0 aliphatic carbocycles. The van der Waals surface area contributed by atoms with E-state index >= 15 is 0 Å². The second-order valence-electron chi connectivity index (χ2n) is 3.43. The second kappa shape index (κ2) is 3.75. The average Bonchev–Trinajstić information content (AvgIpc) is 2.20. The van der Waals surface area contributed by atoms with Crippen molar-refractivity contribution in [2.45, 2.75) is 13.3 Å². The smallest absolute Gasteiger partial charge is 0.0680 e. The molecule has 1 aliphatic heterocycles. The van der Waals surface area contributed by atoms with Gasteiger partial charge in [-0.25, -0.2) is 0 Å². The van der Waals surface area contributed by atoms with Crippen LogP contribution in [0.3, 0.4) is 0 Å². The Labute approximate surface area is 79.0 Å². The van der Waals surface area contributed by atoms with Crippen LogP contribution in [0, 0.1) is 0 Å². The highest BCUT2D eigenvalue weighted by Gasteiger charge is 2.10. The Hall–Kier alpha value is -1.08. The molecular formula is C12H14O. The van der Waals surface area contributed by atoms with Crippen molar-refractivity contribution in [3.05, 3.63) is 41.5 Å². The van der Waals surface area contributed by atoms with Crippen LogP contribution in [0.5, 0.6) is 0 Å². The topological polar surface area (TPSA) is 9.23 Å². The SMILES string of the molecule is CC1=C(c2ccccc2)CCOC1. The normalized spacial score (nSPS) is 17.6. The zero-order valence-electron chi connectivity index (χ0n) is 7.92. The summed E-state index contributed by atoms with van der Waals surface area (Å²) >= 11 is 0. The van der Waals surface area contributed by atoms with Crippen molar-refractivity contribution >= 4 is 5.57 Å². The van der Waals surface area contributed by atoms with Crippen molar-refractivity contribution < 1.29 is 4.74 Å². The lowest BCUT2D eigenvalue weighted by atomic mass is 9.97. The standard InChI is InChI=1S/C12H14O/c1-10-9-13-8-7-12(10)11-5-3-2-4-6-11/h2-6H,7-9H2,1H3. The summed E-state index contributed by atoms with van der Waals surface area (Å²) < 4.78 is 5.38. The Morgan fingerprint density at radius 3 is 2.62 bits per heavy atom. The molecule has 0 bridgehead atoms. The van der Waals surface area contributed by atoms with Gasteiger partial charge in [0.2, 0.25) is 0 Å². The van der Waals surface area contributed by atoms with Gasteiger partial charge in [0, 0.05) is 0 Å². The molecule has 0 spiro atoms. The van der Waals surface area contributed by atoms with Crippen LogP contribution in [0.2, 0.25) is 0 Å². The highest BCUT2D eigenvalue weighted by molar-refractivity contribution is 5.69. The minimum Gasteiger partial charge on any atom is -0.377 e. The highest BCUT2D eigenvalue weighted by Crippen LogP contribution is 2.25. The van der Waals surface area contributed by atoms with Crippen molar-refractivity contribution in [3.8, 4) is 0 Å². The minimum atomic E-state index is 0.796. The summed E-state index contributed by atoms with van der Waals surface area (Å²) in [6.45, 7) is 3.81. The first kappa shape index (κ1) is 8.52. The van der Waals surface area contributed by atoms with E-state index in [0.29, 0.717) is 0 Å². The summed E-state index contributed by atoms with van der Waals surface area (Å²) in [5.74, 6) is 0. The predicted octanol–water partition coefficient (Wildman–Crippen LogP) is 2.88. The molecule has 0 N–H and O–H groups in total. The van der Waals surface area contributed by atoms with Crippen LogP contribution in [0.25, 0.3) is 5.57 Å². The van der Waals surface area contributed by atoms with Crippen LogP contribution in [0.15, 0.2) is 35.9 Å². The summed E-state index contributed by atoms with van der Waals surface area (Å²) in [5, 5.41) is 0. The van der Waals surface area contributed by atoms with Gasteiger partial charge in [-0.1, -0.05) is 30.3 Å². The average molecular weight is 174 g/mol. The quantitative estimate of drug-likeness (QED) is 0.636. The van der Waals surface area contributed by atoms with Gasteiger partial charge in [0.15, 0.2) is 0 Å². The largest absolute Gasteiger partial charge is 0.377 e. The van der Waals surface area contributed by atoms with Gasteiger partial charge < -0.3 is 4.74 Å². The Morgan fingerprint density at radius 1 is 1.15 bits per heavy atom. The fraction of sp³-hybridized carbons (Fsp3) is 0.333. The van der Waals surface area contributed by atoms with Crippen molar-refractivity contribution in [1.29, 1.82) is 0 Å². The lowest BCUT2D eigenvalue weighted by Crippen LogP contribution is -2.08. The summed E-state index contributed by atoms with van der Waals surface area (Å²) in [5.41, 5.74) is 4.19. The summed E-state index contributed by atoms with van der Waals surface area (Å²) in [7, 11) is 0. The number of benzene rings is 1. The van der Waals surface area contributed by atoms with E-state index in [1.807, 2.05) is 0 Å². The van der Waals surface area contributed by atoms with E-state index < -0.39 is 0 Å². The molecule has 0 aromatic heterocycles. The number of ether oxygens (including phenoxy) is 1. The molecule has 0 amide bonds. The molecular weight excluding hydrogens is 160 g/mol. The molecule has 13 heavy (non-hydrogen) atoms. The third kappa shape index (κ3) is 1.81. The van der Waals surface area contributed by atoms with E-state index in [1.54, 1.807) is 0 Å². The van der Waals surface area contributed by atoms with Crippen LogP contribution in [0.1, 0.15) is 18.9 Å². The van der Waals surface area contributed by atoms with E-state index in [1.165, 1.54) is 16.7 Å². The molecule has 0 unspecified atom stereocenters. The van der Waals surface area contributed by atoms with Crippen molar-refractivity contribution in [1.82, 2.24) is 0 Å². The molecule has 2 rings (SSSR count). The van der Waals surface area contributed by atoms with Gasteiger partial charge in [-0.3, -0.25) is 0 Å². The van der Waals surface area contributed by atoms with Crippen LogP contribution in [-0.4, -0.2) is 13.2 Å². The molecule has 1 nitrogen and oxygen atoms in total. The van der Waals surface area contributed by atoms with E-state index in [9.17, 15) is 0 Å². The molecule has 68 valence electrons. The van der Waals surface area contributed by atoms with Crippen LogP contribution in [0.4, 0.5) is 0 Å². The Kier molecular flexibility index (Phi) is 2.46. The van der Waals surface area contributed by atoms with Gasteiger partial charge in [-0.15, -0.1) is 0 Å². The van der Waals surface area contributed by atoms with Gasteiger partial charge in [0.25, 0.3) is 0 Å². The summed E-state index contributed by atoms with van der Waals surface area (Å²) in [4.78, 5) is 0. The van der Waals surface area contributed by atoms with Crippen molar-refractivity contribution in [2.75, 3.05) is 13.2 Å². The van der Waals surface area contributed by atoms with E-state index in [0.717, 1.165) is 19.6 Å². The Balaban J connectivity index is 2.35.